The topological polar surface area (TPSA) is 246 Å². The number of aromatic nitrogens is 2. The van der Waals surface area contributed by atoms with Crippen molar-refractivity contribution in [2.45, 2.75) is 25.7 Å². The maximum absolute atomic E-state index is 14.4. The monoisotopic (exact) mass is 1090 g/mol. The van der Waals surface area contributed by atoms with Crippen molar-refractivity contribution >= 4 is 113 Å². The van der Waals surface area contributed by atoms with Crippen LogP contribution in [0.3, 0.4) is 0 Å². The number of halogens is 1. The summed E-state index contributed by atoms with van der Waals surface area (Å²) in [4.78, 5) is 102. The van der Waals surface area contributed by atoms with Crippen LogP contribution in [0.15, 0.2) is 72.1 Å². The lowest BCUT2D eigenvalue weighted by atomic mass is 9.97. The van der Waals surface area contributed by atoms with Crippen LogP contribution in [0.5, 0.6) is 5.75 Å². The van der Waals surface area contributed by atoms with Gasteiger partial charge in [-0.3, -0.25) is 33.7 Å². The van der Waals surface area contributed by atoms with Gasteiger partial charge in [-0.25, -0.2) is 4.79 Å². The number of ether oxygens (including phenoxy) is 5. The number of nitrogens with zero attached hydrogens (tertiary/aromatic N) is 4. The summed E-state index contributed by atoms with van der Waals surface area (Å²) in [5.41, 5.74) is 5.81. The molecule has 3 aliphatic rings. The van der Waals surface area contributed by atoms with Crippen LogP contribution in [0.25, 0.3) is 31.9 Å². The quantitative estimate of drug-likeness (QED) is 0.0266. The predicted octanol–water partition coefficient (Wildman–Crippen LogP) is 5.98. The lowest BCUT2D eigenvalue weighted by Crippen LogP contribution is -2.48. The highest BCUT2D eigenvalue weighted by Gasteiger charge is 2.37. The Hall–Kier alpha value is -7.18. The van der Waals surface area contributed by atoms with Crippen LogP contribution >= 0.6 is 22.9 Å². The first-order valence-electron chi connectivity index (χ1n) is 25.4. The number of hydrogen-bond acceptors (Lipinski definition) is 14. The van der Waals surface area contributed by atoms with Crippen LogP contribution in [-0.2, 0) is 38.1 Å². The number of carbonyl (C=O) groups is 7. The Bertz CT molecular complexity index is 3200. The summed E-state index contributed by atoms with van der Waals surface area (Å²) >= 11 is 8.09. The zero-order chi connectivity index (χ0) is 54.0. The number of imide groups is 1. The first kappa shape index (κ1) is 54.6. The molecule has 0 spiro atoms. The average Bonchev–Trinajstić information content (AvgIpc) is 4.32. The second-order valence-corrected chi connectivity index (χ2v) is 20.0. The zero-order valence-corrected chi connectivity index (χ0v) is 44.3. The molecule has 9 rings (SSSR count). The van der Waals surface area contributed by atoms with Gasteiger partial charge in [-0.2, -0.15) is 0 Å². The van der Waals surface area contributed by atoms with Crippen LogP contribution in [0.2, 0.25) is 0 Å². The normalized spacial score (nSPS) is 15.6. The number of likely N-dealkylation sites (N-methyl/N-ethyl adjacent to an activating group) is 1. The zero-order valence-electron chi connectivity index (χ0n) is 42.7. The lowest BCUT2D eigenvalue weighted by Gasteiger charge is -2.31. The van der Waals surface area contributed by atoms with Gasteiger partial charge < -0.3 is 64.3 Å². The molecule has 3 aromatic carbocycles. The number of aryl methyl sites for hydroxylation is 1. The maximum Gasteiger partial charge on any atom is 0.415 e. The van der Waals surface area contributed by atoms with Crippen molar-refractivity contribution < 1.29 is 57.2 Å². The summed E-state index contributed by atoms with van der Waals surface area (Å²) in [5.74, 6) is -1.42. The van der Waals surface area contributed by atoms with E-state index >= 15 is 0 Å². The molecule has 1 saturated heterocycles. The van der Waals surface area contributed by atoms with E-state index in [1.165, 1.54) is 23.5 Å². The smallest absolute Gasteiger partial charge is 0.409 e. The van der Waals surface area contributed by atoms with E-state index < -0.39 is 17.9 Å². The molecule has 21 nitrogen and oxygen atoms in total. The molecule has 6 aromatic rings. The van der Waals surface area contributed by atoms with Crippen molar-refractivity contribution in [2.75, 3.05) is 127 Å². The van der Waals surface area contributed by atoms with Crippen LogP contribution in [0.4, 0.5) is 21.9 Å². The summed E-state index contributed by atoms with van der Waals surface area (Å²) in [6.07, 6.45) is 2.09. The van der Waals surface area contributed by atoms with Gasteiger partial charge in [0.2, 0.25) is 11.8 Å². The van der Waals surface area contributed by atoms with E-state index in [1.807, 2.05) is 19.4 Å². The van der Waals surface area contributed by atoms with Crippen molar-refractivity contribution in [3.63, 3.8) is 0 Å². The molecule has 5 N–H and O–H groups in total. The van der Waals surface area contributed by atoms with Crippen molar-refractivity contribution in [3.05, 3.63) is 94.6 Å². The molecule has 23 heteroatoms. The molecule has 0 bridgehead atoms. The van der Waals surface area contributed by atoms with Crippen molar-refractivity contribution in [1.82, 2.24) is 30.0 Å². The number of H-pyrrole nitrogens is 2. The van der Waals surface area contributed by atoms with E-state index in [4.69, 9.17) is 35.3 Å². The van der Waals surface area contributed by atoms with E-state index in [-0.39, 0.29) is 62.1 Å². The summed E-state index contributed by atoms with van der Waals surface area (Å²) in [6, 6.07) is 15.9. The molecule has 0 radical (unpaired) electrons. The molecule has 0 aliphatic carbocycles. The summed E-state index contributed by atoms with van der Waals surface area (Å²) in [5, 5.41) is 12.9. The fraction of sp³-hybridized carbons (Fsp3) is 0.389. The van der Waals surface area contributed by atoms with Crippen molar-refractivity contribution in [3.8, 4) is 5.75 Å². The summed E-state index contributed by atoms with van der Waals surface area (Å²) < 4.78 is 28.9. The lowest BCUT2D eigenvalue weighted by molar-refractivity contribution is -0.137. The van der Waals surface area contributed by atoms with E-state index in [1.54, 1.807) is 64.4 Å². The van der Waals surface area contributed by atoms with Gasteiger partial charge in [0.1, 0.15) is 11.4 Å². The molecule has 1 unspecified atom stereocenters. The van der Waals surface area contributed by atoms with Crippen LogP contribution in [0, 0.1) is 6.92 Å². The average molecular weight is 1090 g/mol. The Labute approximate surface area is 452 Å². The van der Waals surface area contributed by atoms with Gasteiger partial charge in [0.15, 0.2) is 5.75 Å². The number of fused-ring (bicyclic) bond motifs is 5. The molecule has 77 heavy (non-hydrogen) atoms. The van der Waals surface area contributed by atoms with Crippen molar-refractivity contribution in [1.29, 1.82) is 0 Å². The van der Waals surface area contributed by atoms with E-state index in [9.17, 15) is 33.6 Å². The highest BCUT2D eigenvalue weighted by molar-refractivity contribution is 7.17. The minimum absolute atomic E-state index is 0.0211. The van der Waals surface area contributed by atoms with E-state index in [0.717, 1.165) is 44.6 Å². The first-order chi connectivity index (χ1) is 37.3. The number of piperazine rings is 1. The number of anilines is 3. The Balaban J connectivity index is 0.686. The standard InChI is InChI=1S/C54H60ClN9O12S/c1-33-32-77-51-44(76-54(71)62-15-13-61(2)14-16-62)29-43-50(49(33)51)36(30-55)31-64(43)53(70)42-28-35-26-38(4-6-40(35)60-42)58-52(69)41-27-34-25-37(3-5-39(34)59-41)57-46(66)10-17-72-19-21-74-23-24-75-22-20-73-18-11-56-45(65)9-12-63-47(67)7-8-48(63)68/h3-8,25-29,32,36,59-60H,9-24,30-31H2,1-2H3,(H,56,65)(H,57,66)(H,58,69). The number of rotatable bonds is 24. The second-order valence-electron chi connectivity index (χ2n) is 18.8. The van der Waals surface area contributed by atoms with E-state index in [2.05, 4.69) is 30.8 Å². The number of alkyl halides is 1. The summed E-state index contributed by atoms with van der Waals surface area (Å²) in [6.45, 7) is 7.83. The third kappa shape index (κ3) is 13.3. The van der Waals surface area contributed by atoms with Gasteiger partial charge in [0.05, 0.1) is 69.7 Å². The number of nitrogens with one attached hydrogen (secondary N) is 5. The first-order valence-corrected chi connectivity index (χ1v) is 26.8. The second kappa shape index (κ2) is 25.3. The molecule has 3 aliphatic heterocycles. The van der Waals surface area contributed by atoms with Crippen LogP contribution in [0.1, 0.15) is 50.9 Å². The SMILES string of the molecule is Cc1csc2c(OC(=O)N3CCN(C)CC3)cc3c(c12)C(CCl)CN3C(=O)c1cc2cc(NC(=O)c3cc4cc(NC(=O)CCOCCOCCOCCOCCNC(=O)CCN5C(=O)C=CC5=O)ccc4[nH]3)ccc2[nH]1. The molecular weight excluding hydrogens is 1030 g/mol. The Kier molecular flexibility index (Phi) is 18.0. The van der Waals surface area contributed by atoms with Gasteiger partial charge in [-0.05, 0) is 79.0 Å². The van der Waals surface area contributed by atoms with E-state index in [0.29, 0.717) is 122 Å². The minimum Gasteiger partial charge on any atom is -0.409 e. The molecular formula is C54H60ClN9O12S. The molecule has 406 valence electrons. The fourth-order valence-corrected chi connectivity index (χ4v) is 10.6. The van der Waals surface area contributed by atoms with Crippen molar-refractivity contribution in [2.24, 2.45) is 0 Å². The van der Waals surface area contributed by atoms with Gasteiger partial charge in [-0.15, -0.1) is 22.9 Å². The molecule has 0 saturated carbocycles. The highest BCUT2D eigenvalue weighted by Crippen LogP contribution is 2.49. The Morgan fingerprint density at radius 2 is 1.34 bits per heavy atom. The third-order valence-corrected chi connectivity index (χ3v) is 14.9. The predicted molar refractivity (Wildman–Crippen MR) is 291 cm³/mol. The van der Waals surface area contributed by atoms with Crippen LogP contribution in [-0.4, -0.2) is 178 Å². The molecule has 7 amide bonds. The van der Waals surface area contributed by atoms with Crippen LogP contribution < -0.4 is 25.6 Å². The summed E-state index contributed by atoms with van der Waals surface area (Å²) in [7, 11) is 2.02. The number of hydrogen-bond donors (Lipinski definition) is 5. The number of carbonyl (C=O) groups excluding carboxylic acids is 7. The fourth-order valence-electron chi connectivity index (χ4n) is 9.31. The number of amides is 7. The number of thiophene rings is 1. The Morgan fingerprint density at radius 1 is 0.727 bits per heavy atom. The molecule has 1 atom stereocenters. The largest absolute Gasteiger partial charge is 0.415 e. The Morgan fingerprint density at radius 3 is 2.00 bits per heavy atom. The number of aromatic amines is 2. The minimum atomic E-state index is -0.418. The maximum atomic E-state index is 14.4. The molecule has 6 heterocycles. The van der Waals surface area contributed by atoms with Gasteiger partial charge in [0, 0.05) is 121 Å². The third-order valence-electron chi connectivity index (χ3n) is 13.4. The highest BCUT2D eigenvalue weighted by atomic mass is 35.5. The van der Waals surface area contributed by atoms with Gasteiger partial charge in [-0.1, -0.05) is 0 Å². The molecule has 3 aromatic heterocycles. The molecule has 1 fully saturated rings. The van der Waals surface area contributed by atoms with Gasteiger partial charge in [0.25, 0.3) is 23.6 Å². The van der Waals surface area contributed by atoms with Gasteiger partial charge >= 0.3 is 6.09 Å². The number of benzene rings is 3.